The molecule has 0 bridgehead atoms. The molecule has 0 saturated carbocycles. The van der Waals surface area contributed by atoms with Crippen LogP contribution in [0.4, 0.5) is 10.5 Å². The van der Waals surface area contributed by atoms with E-state index in [2.05, 4.69) is 29.6 Å². The van der Waals surface area contributed by atoms with Gasteiger partial charge in [-0.2, -0.15) is 0 Å². The molecular formula is C17H22N2O2. The average molecular weight is 286 g/mol. The zero-order valence-electron chi connectivity index (χ0n) is 12.8. The van der Waals surface area contributed by atoms with Crippen LogP contribution in [0, 0.1) is 0 Å². The molecule has 1 aromatic rings. The van der Waals surface area contributed by atoms with E-state index >= 15 is 0 Å². The largest absolute Gasteiger partial charge is 0.443 e. The Hall–Kier alpha value is -1.97. The summed E-state index contributed by atoms with van der Waals surface area (Å²) < 4.78 is 5.42. The number of nitrogens with zero attached hydrogens (tertiary/aromatic N) is 1. The van der Waals surface area contributed by atoms with Crippen molar-refractivity contribution >= 4 is 11.8 Å². The van der Waals surface area contributed by atoms with E-state index < -0.39 is 5.60 Å². The van der Waals surface area contributed by atoms with Gasteiger partial charge in [0.15, 0.2) is 0 Å². The molecule has 2 aliphatic heterocycles. The molecule has 1 atom stereocenters. The van der Waals surface area contributed by atoms with Gasteiger partial charge in [0.25, 0.3) is 0 Å². The van der Waals surface area contributed by atoms with Crippen molar-refractivity contribution in [3.8, 4) is 0 Å². The van der Waals surface area contributed by atoms with Gasteiger partial charge in [0.05, 0.1) is 0 Å². The Morgan fingerprint density at radius 3 is 2.76 bits per heavy atom. The summed E-state index contributed by atoms with van der Waals surface area (Å²) in [6, 6.07) is 8.40. The zero-order valence-corrected chi connectivity index (χ0v) is 12.8. The van der Waals surface area contributed by atoms with Crippen LogP contribution in [0.15, 0.2) is 36.5 Å². The molecule has 0 aromatic heterocycles. The Balaban J connectivity index is 1.78. The minimum atomic E-state index is -0.457. The first kappa shape index (κ1) is 14.0. The first-order valence-corrected chi connectivity index (χ1v) is 7.42. The number of rotatable bonds is 0. The molecule has 4 nitrogen and oxygen atoms in total. The second-order valence-corrected chi connectivity index (χ2v) is 6.79. The molecule has 2 aliphatic rings. The smallest absolute Gasteiger partial charge is 0.414 e. The third-order valence-electron chi connectivity index (χ3n) is 4.06. The van der Waals surface area contributed by atoms with E-state index in [4.69, 9.17) is 4.74 Å². The Morgan fingerprint density at radius 1 is 1.33 bits per heavy atom. The van der Waals surface area contributed by atoms with Crippen LogP contribution in [0.2, 0.25) is 0 Å². The number of ether oxygens (including phenoxy) is 1. The molecule has 0 fully saturated rings. The Labute approximate surface area is 125 Å². The zero-order chi connectivity index (χ0) is 15.1. The highest BCUT2D eigenvalue weighted by Crippen LogP contribution is 2.42. The summed E-state index contributed by atoms with van der Waals surface area (Å²) >= 11 is 0. The van der Waals surface area contributed by atoms with Crippen molar-refractivity contribution in [3.05, 3.63) is 42.1 Å². The van der Waals surface area contributed by atoms with Crippen molar-refractivity contribution in [2.45, 2.75) is 38.2 Å². The lowest BCUT2D eigenvalue weighted by atomic mass is 9.78. The van der Waals surface area contributed by atoms with Crippen molar-refractivity contribution in [1.29, 1.82) is 0 Å². The Morgan fingerprint density at radius 2 is 2.10 bits per heavy atom. The molecule has 0 radical (unpaired) electrons. The number of fused-ring (bicyclic) bond motifs is 2. The normalized spacial score (nSPS) is 23.9. The van der Waals surface area contributed by atoms with Crippen LogP contribution >= 0.6 is 0 Å². The molecule has 2 heterocycles. The van der Waals surface area contributed by atoms with Crippen molar-refractivity contribution in [2.75, 3.05) is 18.4 Å². The lowest BCUT2D eigenvalue weighted by Crippen LogP contribution is -2.41. The van der Waals surface area contributed by atoms with Gasteiger partial charge in [-0.3, -0.25) is 4.90 Å². The number of amides is 1. The third-order valence-corrected chi connectivity index (χ3v) is 4.06. The van der Waals surface area contributed by atoms with Crippen LogP contribution < -0.4 is 5.32 Å². The highest BCUT2D eigenvalue weighted by Gasteiger charge is 2.39. The van der Waals surface area contributed by atoms with Gasteiger partial charge in [-0.1, -0.05) is 24.3 Å². The van der Waals surface area contributed by atoms with Crippen LogP contribution in [-0.2, 0) is 10.2 Å². The molecule has 1 amide bonds. The number of anilines is 1. The molecule has 3 rings (SSSR count). The van der Waals surface area contributed by atoms with E-state index in [1.165, 1.54) is 11.3 Å². The summed E-state index contributed by atoms with van der Waals surface area (Å²) in [6.07, 6.45) is 4.65. The van der Waals surface area contributed by atoms with E-state index in [0.29, 0.717) is 6.54 Å². The molecule has 1 spiro atoms. The van der Waals surface area contributed by atoms with Crippen molar-refractivity contribution in [2.24, 2.45) is 0 Å². The summed E-state index contributed by atoms with van der Waals surface area (Å²) in [5.41, 5.74) is 2.08. The molecule has 21 heavy (non-hydrogen) atoms. The fourth-order valence-electron chi connectivity index (χ4n) is 2.97. The number of nitrogens with one attached hydrogen (secondary N) is 1. The summed E-state index contributed by atoms with van der Waals surface area (Å²) in [5.74, 6) is 0. The van der Waals surface area contributed by atoms with E-state index in [-0.39, 0.29) is 11.5 Å². The topological polar surface area (TPSA) is 41.6 Å². The SMILES string of the molecule is CC(C)(C)OC(=O)N1C=CC2(CC1)CNc1ccccc12. The number of carbonyl (C=O) groups is 1. The predicted molar refractivity (Wildman–Crippen MR) is 83.3 cm³/mol. The third kappa shape index (κ3) is 2.62. The molecular weight excluding hydrogens is 264 g/mol. The maximum Gasteiger partial charge on any atom is 0.414 e. The number of hydrogen-bond donors (Lipinski definition) is 1. The highest BCUT2D eigenvalue weighted by molar-refractivity contribution is 5.70. The minimum absolute atomic E-state index is 0.00903. The summed E-state index contributed by atoms with van der Waals surface area (Å²) in [6.45, 7) is 7.23. The second kappa shape index (κ2) is 4.79. The summed E-state index contributed by atoms with van der Waals surface area (Å²) in [5, 5.41) is 3.46. The van der Waals surface area contributed by atoms with Crippen molar-refractivity contribution < 1.29 is 9.53 Å². The average Bonchev–Trinajstić information content (AvgIpc) is 2.77. The first-order chi connectivity index (χ1) is 9.90. The van der Waals surface area contributed by atoms with Crippen LogP contribution in [0.25, 0.3) is 0 Å². The second-order valence-electron chi connectivity index (χ2n) is 6.79. The van der Waals surface area contributed by atoms with Crippen LogP contribution in [-0.4, -0.2) is 29.7 Å². The molecule has 1 unspecified atom stereocenters. The molecule has 112 valence electrons. The first-order valence-electron chi connectivity index (χ1n) is 7.42. The number of carbonyl (C=O) groups excluding carboxylic acids is 1. The Bertz CT molecular complexity index is 589. The van der Waals surface area contributed by atoms with Crippen LogP contribution in [0.5, 0.6) is 0 Å². The van der Waals surface area contributed by atoms with Crippen LogP contribution in [0.3, 0.4) is 0 Å². The number of hydrogen-bond acceptors (Lipinski definition) is 3. The highest BCUT2D eigenvalue weighted by atomic mass is 16.6. The van der Waals surface area contributed by atoms with Gasteiger partial charge >= 0.3 is 6.09 Å². The molecule has 0 aliphatic carbocycles. The van der Waals surface area contributed by atoms with E-state index in [9.17, 15) is 4.79 Å². The molecule has 1 aromatic carbocycles. The van der Waals surface area contributed by atoms with Crippen LogP contribution in [0.1, 0.15) is 32.8 Å². The van der Waals surface area contributed by atoms with Gasteiger partial charge in [0, 0.05) is 30.4 Å². The summed E-state index contributed by atoms with van der Waals surface area (Å²) in [4.78, 5) is 13.8. The van der Waals surface area contributed by atoms with Gasteiger partial charge in [-0.05, 0) is 38.8 Å². The van der Waals surface area contributed by atoms with Crippen molar-refractivity contribution in [3.63, 3.8) is 0 Å². The number of para-hydroxylation sites is 1. The van der Waals surface area contributed by atoms with Gasteiger partial charge in [-0.25, -0.2) is 4.79 Å². The van der Waals surface area contributed by atoms with Gasteiger partial charge in [0.1, 0.15) is 5.60 Å². The monoisotopic (exact) mass is 286 g/mol. The van der Waals surface area contributed by atoms with E-state index in [0.717, 1.165) is 13.0 Å². The van der Waals surface area contributed by atoms with Crippen molar-refractivity contribution in [1.82, 2.24) is 4.90 Å². The van der Waals surface area contributed by atoms with Gasteiger partial charge < -0.3 is 10.1 Å². The lowest BCUT2D eigenvalue weighted by Gasteiger charge is -2.34. The molecule has 0 saturated heterocycles. The summed E-state index contributed by atoms with van der Waals surface area (Å²) in [7, 11) is 0. The maximum absolute atomic E-state index is 12.1. The minimum Gasteiger partial charge on any atom is -0.443 e. The van der Waals surface area contributed by atoms with Gasteiger partial charge in [-0.15, -0.1) is 0 Å². The quantitative estimate of drug-likeness (QED) is 0.793. The molecule has 4 heteroatoms. The fraction of sp³-hybridized carbons (Fsp3) is 0.471. The lowest BCUT2D eigenvalue weighted by molar-refractivity contribution is 0.0316. The van der Waals surface area contributed by atoms with Gasteiger partial charge in [0.2, 0.25) is 0 Å². The van der Waals surface area contributed by atoms with E-state index in [1.54, 1.807) is 4.90 Å². The Kier molecular flexibility index (Phi) is 3.19. The van der Waals surface area contributed by atoms with E-state index in [1.807, 2.05) is 33.0 Å². The maximum atomic E-state index is 12.1. The predicted octanol–water partition coefficient (Wildman–Crippen LogP) is 3.50. The molecule has 1 N–H and O–H groups in total. The fourth-order valence-corrected chi connectivity index (χ4v) is 2.97. The standard InChI is InChI=1S/C17H22N2O2/c1-16(2,3)21-15(20)19-10-8-17(9-11-19)12-18-14-7-5-4-6-13(14)17/h4-8,10,18H,9,11-12H2,1-3H3. The number of benzene rings is 1.